The minimum atomic E-state index is -0.647. The number of carbonyl (C=O) groups is 1. The highest BCUT2D eigenvalue weighted by Crippen LogP contribution is 2.14. The van der Waals surface area contributed by atoms with Gasteiger partial charge in [0, 0.05) is 5.69 Å². The second-order valence-electron chi connectivity index (χ2n) is 4.25. The summed E-state index contributed by atoms with van der Waals surface area (Å²) >= 11 is 0. The van der Waals surface area contributed by atoms with Gasteiger partial charge in [0.15, 0.2) is 0 Å². The van der Waals surface area contributed by atoms with E-state index >= 15 is 0 Å². The van der Waals surface area contributed by atoms with Crippen molar-refractivity contribution in [3.63, 3.8) is 0 Å². The van der Waals surface area contributed by atoms with Crippen LogP contribution in [0.3, 0.4) is 0 Å². The number of nitrogens with one attached hydrogen (secondary N) is 1. The van der Waals surface area contributed by atoms with Crippen molar-refractivity contribution in [2.75, 3.05) is 5.32 Å². The van der Waals surface area contributed by atoms with Gasteiger partial charge in [-0.25, -0.2) is 0 Å². The Morgan fingerprint density at radius 2 is 1.83 bits per heavy atom. The Kier molecular flexibility index (Phi) is 3.75. The van der Waals surface area contributed by atoms with Crippen LogP contribution in [-0.4, -0.2) is 5.91 Å². The van der Waals surface area contributed by atoms with E-state index in [1.807, 2.05) is 61.5 Å². The third kappa shape index (κ3) is 2.96. The Morgan fingerprint density at radius 3 is 2.50 bits per heavy atom. The molecule has 0 radical (unpaired) electrons. The minimum Gasteiger partial charge on any atom is -0.324 e. The number of rotatable bonds is 3. The van der Waals surface area contributed by atoms with Gasteiger partial charge in [-0.05, 0) is 30.2 Å². The molecule has 3 N–H and O–H groups in total. The molecule has 0 aliphatic carbocycles. The maximum Gasteiger partial charge on any atom is 0.245 e. The number of carbonyl (C=O) groups excluding carboxylic acids is 1. The van der Waals surface area contributed by atoms with Gasteiger partial charge in [-0.1, -0.05) is 42.5 Å². The predicted molar refractivity (Wildman–Crippen MR) is 73.2 cm³/mol. The molecule has 1 atom stereocenters. The molecule has 1 amide bonds. The first-order valence-electron chi connectivity index (χ1n) is 5.85. The fourth-order valence-electron chi connectivity index (χ4n) is 1.75. The summed E-state index contributed by atoms with van der Waals surface area (Å²) in [4.78, 5) is 12.0. The van der Waals surface area contributed by atoms with E-state index in [1.54, 1.807) is 0 Å². The molecular weight excluding hydrogens is 224 g/mol. The Balaban J connectivity index is 2.09. The maximum absolute atomic E-state index is 12.0. The first-order chi connectivity index (χ1) is 8.66. The first-order valence-corrected chi connectivity index (χ1v) is 5.85. The van der Waals surface area contributed by atoms with Crippen LogP contribution in [0.15, 0.2) is 54.6 Å². The van der Waals surface area contributed by atoms with Crippen LogP contribution in [0.4, 0.5) is 5.69 Å². The van der Waals surface area contributed by atoms with Gasteiger partial charge in [0.1, 0.15) is 6.04 Å². The largest absolute Gasteiger partial charge is 0.324 e. The fourth-order valence-corrected chi connectivity index (χ4v) is 1.75. The van der Waals surface area contributed by atoms with Crippen LogP contribution in [0.5, 0.6) is 0 Å². The smallest absolute Gasteiger partial charge is 0.245 e. The minimum absolute atomic E-state index is 0.202. The number of aryl methyl sites for hydroxylation is 1. The van der Waals surface area contributed by atoms with Crippen LogP contribution in [0.1, 0.15) is 17.2 Å². The Bertz CT molecular complexity index is 537. The first kappa shape index (κ1) is 12.3. The molecule has 3 nitrogen and oxygen atoms in total. The van der Waals surface area contributed by atoms with E-state index in [-0.39, 0.29) is 5.91 Å². The molecule has 3 heteroatoms. The Hall–Kier alpha value is -2.13. The fraction of sp³-hybridized carbons (Fsp3) is 0.133. The summed E-state index contributed by atoms with van der Waals surface area (Å²) in [5.41, 5.74) is 8.59. The number of anilines is 1. The van der Waals surface area contributed by atoms with Crippen LogP contribution >= 0.6 is 0 Å². The molecule has 0 spiro atoms. The van der Waals surface area contributed by atoms with E-state index in [9.17, 15) is 4.79 Å². The Morgan fingerprint density at radius 1 is 1.11 bits per heavy atom. The van der Waals surface area contributed by atoms with Gasteiger partial charge >= 0.3 is 0 Å². The van der Waals surface area contributed by atoms with Crippen molar-refractivity contribution in [2.24, 2.45) is 5.73 Å². The molecule has 92 valence electrons. The average molecular weight is 240 g/mol. The van der Waals surface area contributed by atoms with Gasteiger partial charge in [-0.15, -0.1) is 0 Å². The molecule has 0 aliphatic rings. The van der Waals surface area contributed by atoms with E-state index in [2.05, 4.69) is 5.32 Å². The molecule has 0 saturated carbocycles. The number of benzene rings is 2. The molecule has 2 aromatic carbocycles. The third-order valence-electron chi connectivity index (χ3n) is 2.73. The zero-order valence-corrected chi connectivity index (χ0v) is 10.3. The summed E-state index contributed by atoms with van der Waals surface area (Å²) in [5, 5.41) is 2.82. The molecule has 0 unspecified atom stereocenters. The molecule has 0 fully saturated rings. The van der Waals surface area contributed by atoms with Crippen LogP contribution in [-0.2, 0) is 4.79 Å². The highest BCUT2D eigenvalue weighted by Gasteiger charge is 2.15. The third-order valence-corrected chi connectivity index (χ3v) is 2.73. The molecule has 0 bridgehead atoms. The summed E-state index contributed by atoms with van der Waals surface area (Å²) in [6, 6.07) is 16.3. The quantitative estimate of drug-likeness (QED) is 0.866. The molecule has 0 saturated heterocycles. The van der Waals surface area contributed by atoms with Crippen LogP contribution in [0, 0.1) is 6.92 Å². The summed E-state index contributed by atoms with van der Waals surface area (Å²) < 4.78 is 0. The molecule has 0 aromatic heterocycles. The van der Waals surface area contributed by atoms with Crippen LogP contribution in [0.25, 0.3) is 0 Å². The monoisotopic (exact) mass is 240 g/mol. The van der Waals surface area contributed by atoms with Crippen LogP contribution in [0.2, 0.25) is 0 Å². The van der Waals surface area contributed by atoms with Gasteiger partial charge in [-0.2, -0.15) is 0 Å². The summed E-state index contributed by atoms with van der Waals surface area (Å²) in [7, 11) is 0. The van der Waals surface area contributed by atoms with Gasteiger partial charge in [0.25, 0.3) is 0 Å². The molecule has 18 heavy (non-hydrogen) atoms. The van der Waals surface area contributed by atoms with E-state index < -0.39 is 6.04 Å². The maximum atomic E-state index is 12.0. The molecule has 0 heterocycles. The van der Waals surface area contributed by atoms with Gasteiger partial charge in [0.05, 0.1) is 0 Å². The number of hydrogen-bond acceptors (Lipinski definition) is 2. The van der Waals surface area contributed by atoms with Crippen molar-refractivity contribution in [1.29, 1.82) is 0 Å². The highest BCUT2D eigenvalue weighted by molar-refractivity contribution is 5.95. The molecular formula is C15H16N2O. The molecule has 2 aromatic rings. The number of hydrogen-bond donors (Lipinski definition) is 2. The van der Waals surface area contributed by atoms with E-state index in [0.29, 0.717) is 0 Å². The van der Waals surface area contributed by atoms with Gasteiger partial charge in [-0.3, -0.25) is 4.79 Å². The Labute approximate surface area is 107 Å². The van der Waals surface area contributed by atoms with Crippen LogP contribution < -0.4 is 11.1 Å². The van der Waals surface area contributed by atoms with Crippen molar-refractivity contribution < 1.29 is 4.79 Å². The number of nitrogens with two attached hydrogens (primary N) is 1. The number of amides is 1. The molecule has 2 rings (SSSR count). The zero-order valence-electron chi connectivity index (χ0n) is 10.3. The lowest BCUT2D eigenvalue weighted by Gasteiger charge is -2.12. The second kappa shape index (κ2) is 5.47. The second-order valence-corrected chi connectivity index (χ2v) is 4.25. The normalized spacial score (nSPS) is 11.9. The zero-order chi connectivity index (χ0) is 13.0. The van der Waals surface area contributed by atoms with E-state index in [4.69, 9.17) is 5.73 Å². The average Bonchev–Trinajstić information content (AvgIpc) is 2.39. The van der Waals surface area contributed by atoms with E-state index in [0.717, 1.165) is 16.8 Å². The summed E-state index contributed by atoms with van der Waals surface area (Å²) in [6.07, 6.45) is 0. The molecule has 0 aliphatic heterocycles. The van der Waals surface area contributed by atoms with Gasteiger partial charge in [0.2, 0.25) is 5.91 Å². The van der Waals surface area contributed by atoms with E-state index in [1.165, 1.54) is 0 Å². The van der Waals surface area contributed by atoms with Crippen molar-refractivity contribution in [3.05, 3.63) is 65.7 Å². The lowest BCUT2D eigenvalue weighted by Crippen LogP contribution is -2.27. The standard InChI is InChI=1S/C15H16N2O/c1-11-6-5-9-13(10-11)17-15(18)14(16)12-7-3-2-4-8-12/h2-10,14H,16H2,1H3,(H,17,18)/t14-/m1/s1. The van der Waals surface area contributed by atoms with Crippen molar-refractivity contribution in [2.45, 2.75) is 13.0 Å². The van der Waals surface area contributed by atoms with Crippen molar-refractivity contribution >= 4 is 11.6 Å². The topological polar surface area (TPSA) is 55.1 Å². The highest BCUT2D eigenvalue weighted by atomic mass is 16.2. The summed E-state index contributed by atoms with van der Waals surface area (Å²) in [6.45, 7) is 1.98. The van der Waals surface area contributed by atoms with Crippen molar-refractivity contribution in [3.8, 4) is 0 Å². The van der Waals surface area contributed by atoms with Gasteiger partial charge < -0.3 is 11.1 Å². The van der Waals surface area contributed by atoms with Crippen molar-refractivity contribution in [1.82, 2.24) is 0 Å². The lowest BCUT2D eigenvalue weighted by atomic mass is 10.1. The summed E-state index contributed by atoms with van der Waals surface area (Å²) in [5.74, 6) is -0.202. The SMILES string of the molecule is Cc1cccc(NC(=O)[C@H](N)c2ccccc2)c1. The lowest BCUT2D eigenvalue weighted by molar-refractivity contribution is -0.117. The predicted octanol–water partition coefficient (Wildman–Crippen LogP) is 2.63.